The average molecular weight is 397 g/mol. The Labute approximate surface area is 173 Å². The molecule has 0 aliphatic carbocycles. The SMILES string of the molecule is C=C/C=C\N(C)c1cc(NC(=O)c2ccc3ccccc3n2)nc(-c2ccco2)n1. The first-order valence-electron chi connectivity index (χ1n) is 9.26. The molecule has 1 N–H and O–H groups in total. The number of carbonyl (C=O) groups is 1. The first kappa shape index (κ1) is 19.1. The number of furan rings is 1. The summed E-state index contributed by atoms with van der Waals surface area (Å²) in [5.74, 6) is 1.41. The highest BCUT2D eigenvalue weighted by molar-refractivity contribution is 6.03. The number of hydrogen-bond acceptors (Lipinski definition) is 6. The van der Waals surface area contributed by atoms with Gasteiger partial charge in [0.2, 0.25) is 0 Å². The molecule has 3 aromatic heterocycles. The lowest BCUT2D eigenvalue weighted by atomic mass is 10.2. The molecule has 30 heavy (non-hydrogen) atoms. The minimum atomic E-state index is -0.361. The predicted molar refractivity (Wildman–Crippen MR) is 117 cm³/mol. The Hall–Kier alpha value is -4.26. The number of nitrogens with zero attached hydrogens (tertiary/aromatic N) is 4. The third kappa shape index (κ3) is 4.10. The summed E-state index contributed by atoms with van der Waals surface area (Å²) in [6.07, 6.45) is 6.80. The molecule has 0 bridgehead atoms. The van der Waals surface area contributed by atoms with Gasteiger partial charge in [-0.2, -0.15) is 0 Å². The minimum Gasteiger partial charge on any atom is -0.461 e. The van der Waals surface area contributed by atoms with Gasteiger partial charge in [0.05, 0.1) is 11.8 Å². The minimum absolute atomic E-state index is 0.299. The van der Waals surface area contributed by atoms with Crippen LogP contribution in [0.1, 0.15) is 10.5 Å². The second-order valence-corrected chi connectivity index (χ2v) is 6.44. The maximum Gasteiger partial charge on any atom is 0.275 e. The summed E-state index contributed by atoms with van der Waals surface area (Å²) in [7, 11) is 1.84. The molecule has 0 spiro atoms. The van der Waals surface area contributed by atoms with Crippen LogP contribution in [0, 0.1) is 0 Å². The van der Waals surface area contributed by atoms with Crippen LogP contribution in [-0.4, -0.2) is 27.9 Å². The molecule has 0 fully saturated rings. The molecule has 0 atom stereocenters. The molecule has 0 aliphatic heterocycles. The number of pyridine rings is 1. The third-order valence-electron chi connectivity index (χ3n) is 4.33. The summed E-state index contributed by atoms with van der Waals surface area (Å²) in [5, 5.41) is 3.78. The van der Waals surface area contributed by atoms with Crippen LogP contribution in [0.15, 0.2) is 90.2 Å². The van der Waals surface area contributed by atoms with Crippen molar-refractivity contribution in [3.05, 3.63) is 91.5 Å². The summed E-state index contributed by atoms with van der Waals surface area (Å²) < 4.78 is 5.43. The van der Waals surface area contributed by atoms with Gasteiger partial charge in [-0.25, -0.2) is 15.0 Å². The number of hydrogen-bond donors (Lipinski definition) is 1. The molecule has 0 saturated heterocycles. The van der Waals surface area contributed by atoms with E-state index in [1.807, 2.05) is 37.4 Å². The summed E-state index contributed by atoms with van der Waals surface area (Å²) in [6.45, 7) is 3.67. The third-order valence-corrected chi connectivity index (χ3v) is 4.33. The van der Waals surface area contributed by atoms with E-state index in [0.717, 1.165) is 10.9 Å². The molecule has 0 unspecified atom stereocenters. The van der Waals surface area contributed by atoms with Crippen LogP contribution in [0.5, 0.6) is 0 Å². The highest BCUT2D eigenvalue weighted by atomic mass is 16.3. The molecule has 4 aromatic rings. The average Bonchev–Trinajstić information content (AvgIpc) is 3.32. The van der Waals surface area contributed by atoms with Crippen molar-refractivity contribution < 1.29 is 9.21 Å². The Morgan fingerprint density at radius 3 is 2.77 bits per heavy atom. The highest BCUT2D eigenvalue weighted by Gasteiger charge is 2.15. The molecule has 4 rings (SSSR count). The fraction of sp³-hybridized carbons (Fsp3) is 0.0435. The topological polar surface area (TPSA) is 84.2 Å². The Morgan fingerprint density at radius 2 is 1.97 bits per heavy atom. The van der Waals surface area contributed by atoms with Gasteiger partial charge in [0, 0.05) is 24.7 Å². The molecule has 148 valence electrons. The van der Waals surface area contributed by atoms with E-state index in [9.17, 15) is 4.79 Å². The molecule has 1 aromatic carbocycles. The zero-order valence-corrected chi connectivity index (χ0v) is 16.3. The quantitative estimate of drug-likeness (QED) is 0.476. The van der Waals surface area contributed by atoms with Gasteiger partial charge < -0.3 is 14.6 Å². The van der Waals surface area contributed by atoms with Crippen molar-refractivity contribution in [3.63, 3.8) is 0 Å². The van der Waals surface area contributed by atoms with Gasteiger partial charge in [-0.1, -0.05) is 36.9 Å². The number of benzene rings is 1. The predicted octanol–water partition coefficient (Wildman–Crippen LogP) is 4.67. The van der Waals surface area contributed by atoms with Crippen molar-refractivity contribution in [2.45, 2.75) is 0 Å². The molecule has 0 aliphatic rings. The first-order chi connectivity index (χ1) is 14.6. The first-order valence-corrected chi connectivity index (χ1v) is 9.26. The molecular weight excluding hydrogens is 378 g/mol. The van der Waals surface area contributed by atoms with E-state index in [2.05, 4.69) is 26.8 Å². The molecule has 7 heteroatoms. The van der Waals surface area contributed by atoms with Crippen molar-refractivity contribution >= 4 is 28.4 Å². The maximum absolute atomic E-state index is 12.8. The largest absolute Gasteiger partial charge is 0.461 e. The number of para-hydroxylation sites is 1. The molecule has 7 nitrogen and oxygen atoms in total. The van der Waals surface area contributed by atoms with Gasteiger partial charge in [-0.3, -0.25) is 4.79 Å². The van der Waals surface area contributed by atoms with E-state index < -0.39 is 0 Å². The second-order valence-electron chi connectivity index (χ2n) is 6.44. The maximum atomic E-state index is 12.8. The number of fused-ring (bicyclic) bond motifs is 1. The van der Waals surface area contributed by atoms with E-state index in [1.54, 1.807) is 53.8 Å². The summed E-state index contributed by atoms with van der Waals surface area (Å²) in [4.78, 5) is 28.0. The van der Waals surface area contributed by atoms with Gasteiger partial charge in [0.25, 0.3) is 5.91 Å². The lowest BCUT2D eigenvalue weighted by molar-refractivity contribution is 0.102. The molecule has 0 radical (unpaired) electrons. The van der Waals surface area contributed by atoms with Crippen molar-refractivity contribution in [3.8, 4) is 11.6 Å². The van der Waals surface area contributed by atoms with Gasteiger partial charge in [0.1, 0.15) is 17.3 Å². The van der Waals surface area contributed by atoms with Gasteiger partial charge in [-0.15, -0.1) is 0 Å². The fourth-order valence-electron chi connectivity index (χ4n) is 2.83. The van der Waals surface area contributed by atoms with Crippen molar-refractivity contribution in [1.29, 1.82) is 0 Å². The summed E-state index contributed by atoms with van der Waals surface area (Å²) in [6, 6.07) is 16.4. The Morgan fingerprint density at radius 1 is 1.10 bits per heavy atom. The van der Waals surface area contributed by atoms with E-state index in [0.29, 0.717) is 28.9 Å². The molecule has 1 amide bonds. The zero-order chi connectivity index (χ0) is 20.9. The number of allylic oxidation sites excluding steroid dienone is 2. The lowest BCUT2D eigenvalue weighted by Gasteiger charge is -2.15. The number of aromatic nitrogens is 3. The number of carbonyl (C=O) groups excluding carboxylic acids is 1. The van der Waals surface area contributed by atoms with Crippen molar-refractivity contribution in [2.24, 2.45) is 0 Å². The molecule has 0 saturated carbocycles. The molecular formula is C23H19N5O2. The Balaban J connectivity index is 1.67. The summed E-state index contributed by atoms with van der Waals surface area (Å²) in [5.41, 5.74) is 1.05. The van der Waals surface area contributed by atoms with Crippen LogP contribution in [0.3, 0.4) is 0 Å². The van der Waals surface area contributed by atoms with Crippen LogP contribution in [0.4, 0.5) is 11.6 Å². The van der Waals surface area contributed by atoms with E-state index in [1.165, 1.54) is 0 Å². The standard InChI is InChI=1S/C23H19N5O2/c1-3-4-13-28(2)21-15-20(25-22(27-21)19-10-7-14-30-19)26-23(29)18-12-11-16-8-5-6-9-17(16)24-18/h3-15H,1H2,2H3,(H,25,26,27,29)/b13-4-. The smallest absolute Gasteiger partial charge is 0.275 e. The highest BCUT2D eigenvalue weighted by Crippen LogP contribution is 2.23. The Bertz CT molecular complexity index is 1230. The van der Waals surface area contributed by atoms with E-state index in [4.69, 9.17) is 4.42 Å². The number of rotatable bonds is 6. The van der Waals surface area contributed by atoms with Crippen molar-refractivity contribution in [1.82, 2.24) is 15.0 Å². The fourth-order valence-corrected chi connectivity index (χ4v) is 2.83. The van der Waals surface area contributed by atoms with Gasteiger partial charge >= 0.3 is 0 Å². The van der Waals surface area contributed by atoms with Crippen LogP contribution >= 0.6 is 0 Å². The second kappa shape index (κ2) is 8.40. The summed E-state index contributed by atoms with van der Waals surface area (Å²) >= 11 is 0. The normalized spacial score (nSPS) is 11.0. The van der Waals surface area contributed by atoms with Crippen LogP contribution in [-0.2, 0) is 0 Å². The van der Waals surface area contributed by atoms with E-state index >= 15 is 0 Å². The monoisotopic (exact) mass is 397 g/mol. The number of amides is 1. The zero-order valence-electron chi connectivity index (χ0n) is 16.3. The number of anilines is 2. The number of nitrogens with one attached hydrogen (secondary N) is 1. The lowest BCUT2D eigenvalue weighted by Crippen LogP contribution is -2.17. The van der Waals surface area contributed by atoms with E-state index in [-0.39, 0.29) is 5.91 Å². The van der Waals surface area contributed by atoms with Gasteiger partial charge in [0.15, 0.2) is 11.6 Å². The van der Waals surface area contributed by atoms with Crippen LogP contribution < -0.4 is 10.2 Å². The van der Waals surface area contributed by atoms with Crippen LogP contribution in [0.2, 0.25) is 0 Å². The van der Waals surface area contributed by atoms with Crippen LogP contribution in [0.25, 0.3) is 22.5 Å². The molecule has 3 heterocycles. The van der Waals surface area contributed by atoms with Crippen molar-refractivity contribution in [2.75, 3.05) is 17.3 Å². The Kier molecular flexibility index (Phi) is 5.34. The van der Waals surface area contributed by atoms with Gasteiger partial charge in [-0.05, 0) is 30.3 Å².